The fourth-order valence-electron chi connectivity index (χ4n) is 1.60. The van der Waals surface area contributed by atoms with Crippen LogP contribution in [-0.4, -0.2) is 35.2 Å². The first-order valence-corrected chi connectivity index (χ1v) is 5.70. The minimum Gasteiger partial charge on any atom is -0.481 e. The summed E-state index contributed by atoms with van der Waals surface area (Å²) in [5.41, 5.74) is 0. The van der Waals surface area contributed by atoms with Crippen molar-refractivity contribution >= 4 is 11.9 Å². The van der Waals surface area contributed by atoms with Gasteiger partial charge in [0, 0.05) is 12.8 Å². The Hall–Kier alpha value is -1.10. The van der Waals surface area contributed by atoms with Gasteiger partial charge in [-0.25, -0.2) is 0 Å². The van der Waals surface area contributed by atoms with Crippen LogP contribution >= 0.6 is 0 Å². The van der Waals surface area contributed by atoms with Gasteiger partial charge in [0.25, 0.3) is 0 Å². The van der Waals surface area contributed by atoms with Crippen LogP contribution in [0, 0.1) is 5.92 Å². The Morgan fingerprint density at radius 3 is 2.44 bits per heavy atom. The van der Waals surface area contributed by atoms with Crippen molar-refractivity contribution in [1.29, 1.82) is 0 Å². The molecule has 5 nitrogen and oxygen atoms in total. The van der Waals surface area contributed by atoms with Crippen LogP contribution in [0.5, 0.6) is 0 Å². The molecule has 0 rings (SSSR count). The highest BCUT2D eigenvalue weighted by Gasteiger charge is 2.11. The molecule has 0 fully saturated rings. The maximum atomic E-state index is 10.6. The Bertz CT molecular complexity index is 218. The van der Waals surface area contributed by atoms with E-state index in [-0.39, 0.29) is 18.8 Å². The van der Waals surface area contributed by atoms with Gasteiger partial charge < -0.3 is 15.5 Å². The molecule has 94 valence electrons. The number of hydrogen-bond donors (Lipinski definition) is 3. The molecule has 0 saturated carbocycles. The van der Waals surface area contributed by atoms with E-state index in [0.29, 0.717) is 19.5 Å². The smallest absolute Gasteiger partial charge is 0.303 e. The minimum atomic E-state index is -0.794. The third-order valence-corrected chi connectivity index (χ3v) is 2.34. The average molecular weight is 231 g/mol. The quantitative estimate of drug-likeness (QED) is 0.494. The molecule has 0 saturated heterocycles. The van der Waals surface area contributed by atoms with Crippen molar-refractivity contribution in [2.45, 2.75) is 39.0 Å². The molecule has 0 radical (unpaired) electrons. The van der Waals surface area contributed by atoms with E-state index in [0.717, 1.165) is 12.8 Å². The number of carboxylic acids is 2. The lowest BCUT2D eigenvalue weighted by Gasteiger charge is -2.14. The van der Waals surface area contributed by atoms with Crippen molar-refractivity contribution in [2.24, 2.45) is 5.92 Å². The topological polar surface area (TPSA) is 86.6 Å². The summed E-state index contributed by atoms with van der Waals surface area (Å²) in [7, 11) is 0. The second-order valence-electron chi connectivity index (χ2n) is 3.95. The second kappa shape index (κ2) is 9.15. The Kier molecular flexibility index (Phi) is 8.52. The summed E-state index contributed by atoms with van der Waals surface area (Å²) in [4.78, 5) is 20.8. The Balaban J connectivity index is 3.59. The fourth-order valence-corrected chi connectivity index (χ4v) is 1.60. The van der Waals surface area contributed by atoms with Gasteiger partial charge in [0.15, 0.2) is 0 Å². The third kappa shape index (κ3) is 9.45. The van der Waals surface area contributed by atoms with Gasteiger partial charge in [-0.1, -0.05) is 13.3 Å². The lowest BCUT2D eigenvalue weighted by Crippen LogP contribution is -2.26. The number of nitrogens with one attached hydrogen (secondary N) is 1. The van der Waals surface area contributed by atoms with Crippen LogP contribution in [0.15, 0.2) is 0 Å². The molecule has 16 heavy (non-hydrogen) atoms. The highest BCUT2D eigenvalue weighted by atomic mass is 16.4. The molecule has 0 unspecified atom stereocenters. The van der Waals surface area contributed by atoms with E-state index < -0.39 is 11.9 Å². The molecule has 0 aromatic rings. The van der Waals surface area contributed by atoms with Crippen molar-refractivity contribution in [3.8, 4) is 0 Å². The summed E-state index contributed by atoms with van der Waals surface area (Å²) in [6.07, 6.45) is 2.78. The first kappa shape index (κ1) is 14.9. The van der Waals surface area contributed by atoms with Crippen LogP contribution < -0.4 is 5.32 Å². The highest BCUT2D eigenvalue weighted by molar-refractivity contribution is 5.67. The molecule has 0 bridgehead atoms. The number of hydrogen-bond acceptors (Lipinski definition) is 3. The summed E-state index contributed by atoms with van der Waals surface area (Å²) < 4.78 is 0. The Labute approximate surface area is 95.9 Å². The minimum absolute atomic E-state index is 0.146. The average Bonchev–Trinajstić information content (AvgIpc) is 2.16. The molecule has 1 atom stereocenters. The highest BCUT2D eigenvalue weighted by Crippen LogP contribution is 2.09. The number of rotatable bonds is 10. The molecule has 3 N–H and O–H groups in total. The van der Waals surface area contributed by atoms with Gasteiger partial charge in [-0.3, -0.25) is 9.59 Å². The van der Waals surface area contributed by atoms with Crippen molar-refractivity contribution in [1.82, 2.24) is 5.32 Å². The van der Waals surface area contributed by atoms with Crippen molar-refractivity contribution < 1.29 is 19.8 Å². The lowest BCUT2D eigenvalue weighted by atomic mass is 10.00. The number of carbonyl (C=O) groups is 2. The van der Waals surface area contributed by atoms with Gasteiger partial charge >= 0.3 is 11.9 Å². The van der Waals surface area contributed by atoms with E-state index in [2.05, 4.69) is 5.32 Å². The summed E-state index contributed by atoms with van der Waals surface area (Å²) in [6.45, 7) is 3.31. The van der Waals surface area contributed by atoms with E-state index in [9.17, 15) is 9.59 Å². The van der Waals surface area contributed by atoms with E-state index in [1.807, 2.05) is 6.92 Å². The summed E-state index contributed by atoms with van der Waals surface area (Å²) >= 11 is 0. The summed E-state index contributed by atoms with van der Waals surface area (Å²) in [6, 6.07) is 0. The van der Waals surface area contributed by atoms with Crippen LogP contribution in [0.25, 0.3) is 0 Å². The molecular formula is C11H21NO4. The summed E-state index contributed by atoms with van der Waals surface area (Å²) in [5.74, 6) is -1.42. The second-order valence-corrected chi connectivity index (χ2v) is 3.95. The molecule has 0 spiro atoms. The van der Waals surface area contributed by atoms with Crippen molar-refractivity contribution in [3.05, 3.63) is 0 Å². The largest absolute Gasteiger partial charge is 0.481 e. The first-order valence-electron chi connectivity index (χ1n) is 5.70. The van der Waals surface area contributed by atoms with E-state index in [1.54, 1.807) is 0 Å². The molecule has 0 amide bonds. The molecular weight excluding hydrogens is 210 g/mol. The van der Waals surface area contributed by atoms with Crippen LogP contribution in [0.1, 0.15) is 39.0 Å². The van der Waals surface area contributed by atoms with Gasteiger partial charge in [-0.2, -0.15) is 0 Å². The Morgan fingerprint density at radius 2 is 1.94 bits per heavy atom. The zero-order valence-electron chi connectivity index (χ0n) is 9.74. The van der Waals surface area contributed by atoms with E-state index in [4.69, 9.17) is 10.2 Å². The molecule has 0 aliphatic rings. The maximum Gasteiger partial charge on any atom is 0.303 e. The monoisotopic (exact) mass is 231 g/mol. The number of carboxylic acid groups (broad SMARTS) is 2. The van der Waals surface area contributed by atoms with Crippen LogP contribution in [0.4, 0.5) is 0 Å². The molecule has 0 heterocycles. The van der Waals surface area contributed by atoms with Gasteiger partial charge in [0.1, 0.15) is 0 Å². The zero-order chi connectivity index (χ0) is 12.4. The fraction of sp³-hybridized carbons (Fsp3) is 0.818. The standard InChI is InChI=1S/C11H21NO4/c1-2-4-9(7-11(15)16)8-12-6-3-5-10(13)14/h9,12H,2-8H2,1H3,(H,13,14)(H,15,16)/t9-/m1/s1. The zero-order valence-corrected chi connectivity index (χ0v) is 9.74. The molecule has 0 aliphatic carbocycles. The molecule has 0 aromatic heterocycles. The predicted molar refractivity (Wildman–Crippen MR) is 60.4 cm³/mol. The normalized spacial score (nSPS) is 12.3. The SMILES string of the molecule is CCC[C@@H](CNCCCC(=O)O)CC(=O)O. The van der Waals surface area contributed by atoms with Crippen molar-refractivity contribution in [3.63, 3.8) is 0 Å². The lowest BCUT2D eigenvalue weighted by molar-refractivity contribution is -0.138. The summed E-state index contributed by atoms with van der Waals surface area (Å²) in [5, 5.41) is 20.2. The van der Waals surface area contributed by atoms with Crippen LogP contribution in [0.3, 0.4) is 0 Å². The molecule has 0 aliphatic heterocycles. The Morgan fingerprint density at radius 1 is 1.25 bits per heavy atom. The van der Waals surface area contributed by atoms with E-state index in [1.165, 1.54) is 0 Å². The van der Waals surface area contributed by atoms with E-state index >= 15 is 0 Å². The predicted octanol–water partition coefficient (Wildman–Crippen LogP) is 1.33. The first-order chi connectivity index (χ1) is 7.56. The van der Waals surface area contributed by atoms with Crippen LogP contribution in [-0.2, 0) is 9.59 Å². The third-order valence-electron chi connectivity index (χ3n) is 2.34. The van der Waals surface area contributed by atoms with Gasteiger partial charge in [-0.15, -0.1) is 0 Å². The maximum absolute atomic E-state index is 10.6. The number of aliphatic carboxylic acids is 2. The molecule has 5 heteroatoms. The van der Waals surface area contributed by atoms with Gasteiger partial charge in [-0.05, 0) is 31.8 Å². The molecule has 0 aromatic carbocycles. The van der Waals surface area contributed by atoms with Crippen molar-refractivity contribution in [2.75, 3.05) is 13.1 Å². The van der Waals surface area contributed by atoms with Crippen LogP contribution in [0.2, 0.25) is 0 Å². The van der Waals surface area contributed by atoms with Gasteiger partial charge in [0.05, 0.1) is 0 Å². The van der Waals surface area contributed by atoms with Gasteiger partial charge in [0.2, 0.25) is 0 Å².